The average Bonchev–Trinajstić information content (AvgIpc) is 2.99. The minimum Gasteiger partial charge on any atom is -0.300 e. The van der Waals surface area contributed by atoms with Crippen molar-refractivity contribution in [1.29, 1.82) is 0 Å². The van der Waals surface area contributed by atoms with Crippen LogP contribution in [0.15, 0.2) is 48.8 Å². The molecule has 0 unspecified atom stereocenters. The van der Waals surface area contributed by atoms with E-state index in [2.05, 4.69) is 19.7 Å². The van der Waals surface area contributed by atoms with Crippen molar-refractivity contribution in [3.05, 3.63) is 60.2 Å². The van der Waals surface area contributed by atoms with E-state index in [4.69, 9.17) is 0 Å². The SMILES string of the molecule is O=C(Cc1ccc(F)cc1)Nc1nc(-c2ccncc2)ns1. The van der Waals surface area contributed by atoms with E-state index in [9.17, 15) is 9.18 Å². The molecule has 22 heavy (non-hydrogen) atoms. The minimum absolute atomic E-state index is 0.157. The van der Waals surface area contributed by atoms with Gasteiger partial charge in [-0.3, -0.25) is 9.78 Å². The maximum absolute atomic E-state index is 12.8. The maximum atomic E-state index is 12.8. The second-order valence-corrected chi connectivity index (χ2v) is 5.26. The number of nitrogens with one attached hydrogen (secondary N) is 1. The van der Waals surface area contributed by atoms with Gasteiger partial charge in [-0.25, -0.2) is 4.39 Å². The summed E-state index contributed by atoms with van der Waals surface area (Å²) in [4.78, 5) is 20.1. The first-order valence-electron chi connectivity index (χ1n) is 6.49. The summed E-state index contributed by atoms with van der Waals surface area (Å²) < 4.78 is 17.0. The van der Waals surface area contributed by atoms with Crippen LogP contribution in [0.25, 0.3) is 11.4 Å². The highest BCUT2D eigenvalue weighted by Gasteiger charge is 2.10. The minimum atomic E-state index is -0.324. The molecule has 5 nitrogen and oxygen atoms in total. The third kappa shape index (κ3) is 3.50. The van der Waals surface area contributed by atoms with E-state index in [-0.39, 0.29) is 18.1 Å². The van der Waals surface area contributed by atoms with Crippen molar-refractivity contribution in [1.82, 2.24) is 14.3 Å². The van der Waals surface area contributed by atoms with Gasteiger partial charge >= 0.3 is 0 Å². The number of pyridine rings is 1. The van der Waals surface area contributed by atoms with Gasteiger partial charge in [-0.2, -0.15) is 9.36 Å². The second-order valence-electron chi connectivity index (χ2n) is 4.51. The van der Waals surface area contributed by atoms with Gasteiger partial charge in [0.1, 0.15) is 5.82 Å². The normalized spacial score (nSPS) is 10.4. The average molecular weight is 314 g/mol. The van der Waals surface area contributed by atoms with Crippen LogP contribution in [0.5, 0.6) is 0 Å². The lowest BCUT2D eigenvalue weighted by atomic mass is 10.1. The summed E-state index contributed by atoms with van der Waals surface area (Å²) >= 11 is 1.11. The fraction of sp³-hybridized carbons (Fsp3) is 0.0667. The first-order valence-corrected chi connectivity index (χ1v) is 7.26. The summed E-state index contributed by atoms with van der Waals surface area (Å²) in [5.74, 6) is 0.00351. The van der Waals surface area contributed by atoms with Crippen LogP contribution in [-0.4, -0.2) is 20.2 Å². The standard InChI is InChI=1S/C15H11FN4OS/c16-12-3-1-10(2-4-12)9-13(21)18-15-19-14(20-22-15)11-5-7-17-8-6-11/h1-8H,9H2,(H,18,19,20,21). The molecule has 0 saturated heterocycles. The summed E-state index contributed by atoms with van der Waals surface area (Å²) in [6.45, 7) is 0. The van der Waals surface area contributed by atoms with Gasteiger partial charge in [0.25, 0.3) is 0 Å². The predicted octanol–water partition coefficient (Wildman–Crippen LogP) is 2.92. The van der Waals surface area contributed by atoms with E-state index in [0.717, 1.165) is 22.7 Å². The van der Waals surface area contributed by atoms with Crippen LogP contribution >= 0.6 is 11.5 Å². The molecule has 2 heterocycles. The molecular weight excluding hydrogens is 303 g/mol. The Bertz CT molecular complexity index is 774. The zero-order valence-corrected chi connectivity index (χ0v) is 12.2. The maximum Gasteiger partial charge on any atom is 0.230 e. The Morgan fingerprint density at radius 3 is 2.59 bits per heavy atom. The number of carbonyl (C=O) groups is 1. The van der Waals surface area contributed by atoms with Crippen molar-refractivity contribution in [3.8, 4) is 11.4 Å². The number of amides is 1. The summed E-state index contributed by atoms with van der Waals surface area (Å²) in [5.41, 5.74) is 1.57. The molecule has 1 aromatic carbocycles. The summed E-state index contributed by atoms with van der Waals surface area (Å²) in [5, 5.41) is 3.12. The number of benzene rings is 1. The topological polar surface area (TPSA) is 67.8 Å². The highest BCUT2D eigenvalue weighted by atomic mass is 32.1. The molecule has 0 spiro atoms. The first kappa shape index (κ1) is 14.3. The third-order valence-corrected chi connectivity index (χ3v) is 3.52. The fourth-order valence-electron chi connectivity index (χ4n) is 1.84. The third-order valence-electron chi connectivity index (χ3n) is 2.89. The molecule has 0 saturated carbocycles. The van der Waals surface area contributed by atoms with Gasteiger partial charge in [-0.15, -0.1) is 0 Å². The van der Waals surface area contributed by atoms with Gasteiger partial charge in [0.2, 0.25) is 11.0 Å². The van der Waals surface area contributed by atoms with Gasteiger partial charge in [0, 0.05) is 29.5 Å². The molecule has 3 rings (SSSR count). The number of carbonyl (C=O) groups excluding carboxylic acids is 1. The smallest absolute Gasteiger partial charge is 0.230 e. The molecule has 1 N–H and O–H groups in total. The van der Waals surface area contributed by atoms with E-state index in [1.165, 1.54) is 12.1 Å². The summed E-state index contributed by atoms with van der Waals surface area (Å²) in [6, 6.07) is 9.41. The van der Waals surface area contributed by atoms with Crippen molar-refractivity contribution < 1.29 is 9.18 Å². The van der Waals surface area contributed by atoms with Gasteiger partial charge in [-0.05, 0) is 29.8 Å². The van der Waals surface area contributed by atoms with Crippen LogP contribution in [0, 0.1) is 5.82 Å². The Kier molecular flexibility index (Phi) is 4.15. The zero-order valence-electron chi connectivity index (χ0n) is 11.4. The van der Waals surface area contributed by atoms with Crippen molar-refractivity contribution in [2.75, 3.05) is 5.32 Å². The Hall–Kier alpha value is -2.67. The van der Waals surface area contributed by atoms with E-state index in [1.54, 1.807) is 36.7 Å². The lowest BCUT2D eigenvalue weighted by Crippen LogP contribution is -2.14. The predicted molar refractivity (Wildman–Crippen MR) is 81.9 cm³/mol. The summed E-state index contributed by atoms with van der Waals surface area (Å²) in [6.07, 6.45) is 3.47. The van der Waals surface area contributed by atoms with Crippen LogP contribution in [-0.2, 0) is 11.2 Å². The fourth-order valence-corrected chi connectivity index (χ4v) is 2.45. The molecule has 7 heteroatoms. The number of hydrogen-bond donors (Lipinski definition) is 1. The number of halogens is 1. The molecule has 0 fully saturated rings. The Morgan fingerprint density at radius 1 is 1.14 bits per heavy atom. The van der Waals surface area contributed by atoms with E-state index in [1.807, 2.05) is 0 Å². The van der Waals surface area contributed by atoms with Crippen LogP contribution < -0.4 is 5.32 Å². The van der Waals surface area contributed by atoms with Crippen molar-refractivity contribution in [2.45, 2.75) is 6.42 Å². The number of rotatable bonds is 4. The van der Waals surface area contributed by atoms with Crippen LogP contribution in [0.4, 0.5) is 9.52 Å². The Balaban J connectivity index is 1.65. The number of aromatic nitrogens is 3. The summed E-state index contributed by atoms with van der Waals surface area (Å²) in [7, 11) is 0. The van der Waals surface area contributed by atoms with Gasteiger partial charge < -0.3 is 5.32 Å². The Morgan fingerprint density at radius 2 is 1.86 bits per heavy atom. The lowest BCUT2D eigenvalue weighted by molar-refractivity contribution is -0.115. The molecule has 2 aromatic heterocycles. The lowest BCUT2D eigenvalue weighted by Gasteiger charge is -2.01. The zero-order chi connectivity index (χ0) is 15.4. The molecule has 0 aliphatic rings. The van der Waals surface area contributed by atoms with Crippen molar-refractivity contribution in [3.63, 3.8) is 0 Å². The van der Waals surface area contributed by atoms with Crippen LogP contribution in [0.2, 0.25) is 0 Å². The molecule has 0 radical (unpaired) electrons. The van der Waals surface area contributed by atoms with E-state index >= 15 is 0 Å². The molecule has 0 bridgehead atoms. The van der Waals surface area contributed by atoms with Gasteiger partial charge in [0.05, 0.1) is 6.42 Å². The number of nitrogens with zero attached hydrogens (tertiary/aromatic N) is 3. The molecule has 0 aliphatic carbocycles. The number of anilines is 1. The van der Waals surface area contributed by atoms with Gasteiger partial charge in [0.15, 0.2) is 5.82 Å². The highest BCUT2D eigenvalue weighted by Crippen LogP contribution is 2.20. The van der Waals surface area contributed by atoms with Crippen LogP contribution in [0.1, 0.15) is 5.56 Å². The molecule has 1 amide bonds. The quantitative estimate of drug-likeness (QED) is 0.804. The van der Waals surface area contributed by atoms with E-state index in [0.29, 0.717) is 11.0 Å². The largest absolute Gasteiger partial charge is 0.300 e. The molecule has 0 atom stereocenters. The van der Waals surface area contributed by atoms with Gasteiger partial charge in [-0.1, -0.05) is 12.1 Å². The van der Waals surface area contributed by atoms with Crippen LogP contribution in [0.3, 0.4) is 0 Å². The monoisotopic (exact) mass is 314 g/mol. The molecule has 110 valence electrons. The van der Waals surface area contributed by atoms with Crippen molar-refractivity contribution >= 4 is 22.6 Å². The van der Waals surface area contributed by atoms with Crippen molar-refractivity contribution in [2.24, 2.45) is 0 Å². The highest BCUT2D eigenvalue weighted by molar-refractivity contribution is 7.10. The molecule has 0 aliphatic heterocycles. The first-order chi connectivity index (χ1) is 10.7. The second kappa shape index (κ2) is 6.40. The molecular formula is C15H11FN4OS. The number of hydrogen-bond acceptors (Lipinski definition) is 5. The van der Waals surface area contributed by atoms with E-state index < -0.39 is 0 Å². The molecule has 3 aromatic rings. The Labute approximate surface area is 130 Å².